The molecule has 1 aliphatic carbocycles. The lowest BCUT2D eigenvalue weighted by Crippen LogP contribution is -2.24. The zero-order valence-electron chi connectivity index (χ0n) is 12.0. The van der Waals surface area contributed by atoms with Crippen LogP contribution in [0.1, 0.15) is 37.9 Å². The Morgan fingerprint density at radius 1 is 1.30 bits per heavy atom. The summed E-state index contributed by atoms with van der Waals surface area (Å²) in [5.41, 5.74) is 0. The van der Waals surface area contributed by atoms with Gasteiger partial charge in [0.05, 0.1) is 0 Å². The molecule has 0 aromatic carbocycles. The summed E-state index contributed by atoms with van der Waals surface area (Å²) in [5.74, 6) is 1.99. The summed E-state index contributed by atoms with van der Waals surface area (Å²) in [4.78, 5) is 4.44. The summed E-state index contributed by atoms with van der Waals surface area (Å²) < 4.78 is 4.13. The van der Waals surface area contributed by atoms with Crippen LogP contribution in [0.2, 0.25) is 0 Å². The molecule has 0 saturated heterocycles. The number of hydrogen-bond acceptors (Lipinski definition) is 4. The Labute approximate surface area is 119 Å². The van der Waals surface area contributed by atoms with E-state index in [1.54, 1.807) is 6.33 Å². The second kappa shape index (κ2) is 6.07. The maximum absolute atomic E-state index is 4.44. The van der Waals surface area contributed by atoms with Gasteiger partial charge in [0.1, 0.15) is 12.2 Å². The van der Waals surface area contributed by atoms with E-state index in [2.05, 4.69) is 25.1 Å². The Bertz CT molecular complexity index is 537. The monoisotopic (exact) mass is 274 g/mol. The summed E-state index contributed by atoms with van der Waals surface area (Å²) in [5, 5.41) is 11.6. The van der Waals surface area contributed by atoms with E-state index < -0.39 is 0 Å². The van der Waals surface area contributed by atoms with Crippen molar-refractivity contribution in [2.45, 2.75) is 51.1 Å². The third-order valence-electron chi connectivity index (χ3n) is 4.04. The van der Waals surface area contributed by atoms with Crippen molar-refractivity contribution in [3.8, 4) is 0 Å². The van der Waals surface area contributed by atoms with Gasteiger partial charge < -0.3 is 14.5 Å². The second-order valence-electron chi connectivity index (χ2n) is 5.53. The normalized spacial score (nSPS) is 16.4. The minimum atomic E-state index is 0.583. The molecule has 0 spiro atoms. The number of anilines is 1. The third-order valence-corrected chi connectivity index (χ3v) is 4.04. The van der Waals surface area contributed by atoms with Crippen molar-refractivity contribution in [2.24, 2.45) is 7.05 Å². The Morgan fingerprint density at radius 2 is 2.15 bits per heavy atom. The molecule has 3 rings (SSSR count). The maximum atomic E-state index is 4.44. The molecule has 0 aliphatic heterocycles. The van der Waals surface area contributed by atoms with Crippen LogP contribution in [0.25, 0.3) is 0 Å². The van der Waals surface area contributed by atoms with Crippen molar-refractivity contribution in [3.05, 3.63) is 24.5 Å². The third kappa shape index (κ3) is 3.00. The van der Waals surface area contributed by atoms with E-state index in [1.165, 1.54) is 32.1 Å². The number of rotatable bonds is 5. The molecule has 2 aromatic heterocycles. The Hall–Kier alpha value is -1.85. The van der Waals surface area contributed by atoms with Crippen molar-refractivity contribution in [2.75, 3.05) is 5.32 Å². The number of aromatic nitrogens is 5. The number of hydrogen-bond donors (Lipinski definition) is 1. The summed E-state index contributed by atoms with van der Waals surface area (Å²) in [7, 11) is 1.98. The predicted molar refractivity (Wildman–Crippen MR) is 77.4 cm³/mol. The van der Waals surface area contributed by atoms with Gasteiger partial charge in [0.15, 0.2) is 0 Å². The number of aryl methyl sites for hydroxylation is 3. The van der Waals surface area contributed by atoms with Crippen LogP contribution in [0.3, 0.4) is 0 Å². The van der Waals surface area contributed by atoms with Crippen molar-refractivity contribution in [1.82, 2.24) is 24.3 Å². The van der Waals surface area contributed by atoms with E-state index in [4.69, 9.17) is 0 Å². The highest BCUT2D eigenvalue weighted by atomic mass is 15.3. The van der Waals surface area contributed by atoms with Gasteiger partial charge in [0.2, 0.25) is 5.95 Å². The predicted octanol–water partition coefficient (Wildman–Crippen LogP) is 2.00. The zero-order chi connectivity index (χ0) is 13.8. The van der Waals surface area contributed by atoms with E-state index in [9.17, 15) is 0 Å². The second-order valence-corrected chi connectivity index (χ2v) is 5.53. The molecule has 0 atom stereocenters. The Balaban J connectivity index is 1.60. The molecular weight excluding hydrogens is 252 g/mol. The van der Waals surface area contributed by atoms with E-state index in [-0.39, 0.29) is 0 Å². The van der Waals surface area contributed by atoms with Gasteiger partial charge in [0, 0.05) is 38.4 Å². The Morgan fingerprint density at radius 3 is 2.90 bits per heavy atom. The molecule has 20 heavy (non-hydrogen) atoms. The molecule has 2 aromatic rings. The van der Waals surface area contributed by atoms with Crippen LogP contribution in [-0.4, -0.2) is 30.4 Å². The highest BCUT2D eigenvalue weighted by molar-refractivity contribution is 5.27. The fourth-order valence-corrected chi connectivity index (χ4v) is 2.81. The van der Waals surface area contributed by atoms with Gasteiger partial charge in [-0.1, -0.05) is 19.3 Å². The average molecular weight is 274 g/mol. The smallest absolute Gasteiger partial charge is 0.202 e. The van der Waals surface area contributed by atoms with Crippen LogP contribution in [-0.2, 0) is 20.0 Å². The number of nitrogens with zero attached hydrogens (tertiary/aromatic N) is 5. The minimum absolute atomic E-state index is 0.583. The summed E-state index contributed by atoms with van der Waals surface area (Å²) in [6.45, 7) is 0.877. The summed E-state index contributed by atoms with van der Waals surface area (Å²) in [6, 6.07) is 0.583. The lowest BCUT2D eigenvalue weighted by molar-refractivity contribution is 0.458. The molecule has 0 bridgehead atoms. The standard InChI is InChI=1S/C14H22N6/c1-19-11-16-18-13(19)7-9-20-10-8-15-14(20)17-12-5-3-2-4-6-12/h8,10-12H,2-7,9H2,1H3,(H,15,17). The van der Waals surface area contributed by atoms with Crippen LogP contribution in [0.4, 0.5) is 5.95 Å². The molecule has 2 heterocycles. The fraction of sp³-hybridized carbons (Fsp3) is 0.643. The minimum Gasteiger partial charge on any atom is -0.353 e. The van der Waals surface area contributed by atoms with E-state index >= 15 is 0 Å². The van der Waals surface area contributed by atoms with Crippen LogP contribution in [0.5, 0.6) is 0 Å². The van der Waals surface area contributed by atoms with Gasteiger partial charge in [-0.25, -0.2) is 4.98 Å². The van der Waals surface area contributed by atoms with Crippen LogP contribution in [0, 0.1) is 0 Å². The van der Waals surface area contributed by atoms with Gasteiger partial charge in [-0.2, -0.15) is 0 Å². The molecule has 108 valence electrons. The van der Waals surface area contributed by atoms with Crippen molar-refractivity contribution in [3.63, 3.8) is 0 Å². The average Bonchev–Trinajstić information content (AvgIpc) is 3.07. The van der Waals surface area contributed by atoms with Crippen molar-refractivity contribution in [1.29, 1.82) is 0 Å². The lowest BCUT2D eigenvalue weighted by Gasteiger charge is -2.23. The molecular formula is C14H22N6. The first-order valence-electron chi connectivity index (χ1n) is 7.43. The van der Waals surface area contributed by atoms with E-state index in [0.717, 1.165) is 24.7 Å². The van der Waals surface area contributed by atoms with Crippen molar-refractivity contribution >= 4 is 5.95 Å². The number of imidazole rings is 1. The zero-order valence-corrected chi connectivity index (χ0v) is 12.0. The van der Waals surface area contributed by atoms with Gasteiger partial charge in [-0.05, 0) is 12.8 Å². The first-order chi connectivity index (χ1) is 9.83. The van der Waals surface area contributed by atoms with Crippen LogP contribution in [0.15, 0.2) is 18.7 Å². The molecule has 6 heteroatoms. The van der Waals surface area contributed by atoms with Gasteiger partial charge in [-0.3, -0.25) is 0 Å². The highest BCUT2D eigenvalue weighted by Crippen LogP contribution is 2.21. The molecule has 1 N–H and O–H groups in total. The summed E-state index contributed by atoms with van der Waals surface area (Å²) >= 11 is 0. The lowest BCUT2D eigenvalue weighted by atomic mass is 9.96. The topological polar surface area (TPSA) is 60.6 Å². The fourth-order valence-electron chi connectivity index (χ4n) is 2.81. The summed E-state index contributed by atoms with van der Waals surface area (Å²) in [6.07, 6.45) is 13.1. The molecule has 6 nitrogen and oxygen atoms in total. The van der Waals surface area contributed by atoms with E-state index in [0.29, 0.717) is 6.04 Å². The molecule has 1 aliphatic rings. The molecule has 0 unspecified atom stereocenters. The van der Waals surface area contributed by atoms with E-state index in [1.807, 2.05) is 24.0 Å². The quantitative estimate of drug-likeness (QED) is 0.906. The maximum Gasteiger partial charge on any atom is 0.202 e. The van der Waals surface area contributed by atoms with Crippen molar-refractivity contribution < 1.29 is 0 Å². The van der Waals surface area contributed by atoms with Gasteiger partial charge in [-0.15, -0.1) is 10.2 Å². The van der Waals surface area contributed by atoms with Crippen LogP contribution < -0.4 is 5.32 Å². The first kappa shape index (κ1) is 13.1. The molecule has 1 fully saturated rings. The van der Waals surface area contributed by atoms with Gasteiger partial charge >= 0.3 is 0 Å². The first-order valence-corrected chi connectivity index (χ1v) is 7.43. The molecule has 0 radical (unpaired) electrons. The SMILES string of the molecule is Cn1cnnc1CCn1ccnc1NC1CCCCC1. The highest BCUT2D eigenvalue weighted by Gasteiger charge is 2.15. The molecule has 0 amide bonds. The van der Waals surface area contributed by atoms with Gasteiger partial charge in [0.25, 0.3) is 0 Å². The van der Waals surface area contributed by atoms with Crippen LogP contribution >= 0.6 is 0 Å². The number of nitrogens with one attached hydrogen (secondary N) is 1. The molecule has 1 saturated carbocycles. The largest absolute Gasteiger partial charge is 0.353 e. The Kier molecular flexibility index (Phi) is 3.99.